The van der Waals surface area contributed by atoms with Crippen molar-refractivity contribution in [3.05, 3.63) is 23.8 Å². The van der Waals surface area contributed by atoms with Crippen LogP contribution in [-0.4, -0.2) is 18.0 Å². The molecular weight excluding hydrogens is 296 g/mol. The maximum atomic E-state index is 11.8. The van der Waals surface area contributed by atoms with E-state index in [2.05, 4.69) is 19.1 Å². The van der Waals surface area contributed by atoms with E-state index in [0.717, 1.165) is 55.0 Å². The molecule has 0 aromatic rings. The van der Waals surface area contributed by atoms with Crippen LogP contribution in [0.3, 0.4) is 0 Å². The normalized spacial score (nSPS) is 57.2. The smallest absolute Gasteiger partial charge is 0.155 e. The third-order valence-corrected chi connectivity index (χ3v) is 9.08. The molecule has 0 saturated heterocycles. The van der Waals surface area contributed by atoms with Crippen LogP contribution in [0, 0.1) is 40.9 Å². The van der Waals surface area contributed by atoms with E-state index in [9.17, 15) is 4.79 Å². The Morgan fingerprint density at radius 3 is 2.88 bits per heavy atom. The number of allylic oxidation sites excluding steroid dienone is 1. The predicted octanol–water partition coefficient (Wildman–Crippen LogP) is 4.31. The molecular formula is C22H28O2. The number of ether oxygens (including phenoxy) is 1. The summed E-state index contributed by atoms with van der Waals surface area (Å²) in [4.78, 5) is 11.8. The first-order valence-corrected chi connectivity index (χ1v) is 10.2. The Morgan fingerprint density at radius 1 is 1.12 bits per heavy atom. The first-order chi connectivity index (χ1) is 11.6. The Kier molecular flexibility index (Phi) is 2.64. The lowest BCUT2D eigenvalue weighted by Crippen LogP contribution is -2.54. The van der Waals surface area contributed by atoms with Crippen molar-refractivity contribution in [2.24, 2.45) is 40.9 Å². The van der Waals surface area contributed by atoms with E-state index in [1.54, 1.807) is 0 Å². The van der Waals surface area contributed by atoms with Crippen molar-refractivity contribution in [1.82, 2.24) is 0 Å². The number of fused-ring (bicyclic) bond motifs is 9. The van der Waals surface area contributed by atoms with Crippen molar-refractivity contribution in [1.29, 1.82) is 0 Å². The molecule has 1 spiro atoms. The lowest BCUT2D eigenvalue weighted by atomic mass is 9.49. The number of rotatable bonds is 0. The third kappa shape index (κ3) is 1.51. The van der Waals surface area contributed by atoms with Crippen LogP contribution in [-0.2, 0) is 9.53 Å². The highest BCUT2D eigenvalue weighted by Crippen LogP contribution is 2.77. The summed E-state index contributed by atoms with van der Waals surface area (Å²) in [5, 5.41) is 0. The summed E-state index contributed by atoms with van der Waals surface area (Å²) >= 11 is 0. The second-order valence-electron chi connectivity index (χ2n) is 9.69. The monoisotopic (exact) mass is 324 g/mol. The average Bonchev–Trinajstić information content (AvgIpc) is 3.13. The van der Waals surface area contributed by atoms with Crippen LogP contribution in [0.5, 0.6) is 0 Å². The molecule has 6 rings (SSSR count). The largest absolute Gasteiger partial charge is 0.366 e. The molecule has 24 heavy (non-hydrogen) atoms. The fourth-order valence-electron chi connectivity index (χ4n) is 8.25. The van der Waals surface area contributed by atoms with E-state index in [1.807, 2.05) is 6.08 Å². The van der Waals surface area contributed by atoms with Crippen LogP contribution in [0.2, 0.25) is 0 Å². The van der Waals surface area contributed by atoms with Crippen LogP contribution in [0.4, 0.5) is 0 Å². The lowest BCUT2D eigenvalue weighted by molar-refractivity contribution is -0.132. The van der Waals surface area contributed by atoms with Gasteiger partial charge in [-0.2, -0.15) is 0 Å². The highest BCUT2D eigenvalue weighted by molar-refractivity contribution is 5.91. The van der Waals surface area contributed by atoms with E-state index < -0.39 is 0 Å². The number of ketones is 1. The zero-order chi connectivity index (χ0) is 16.1. The van der Waals surface area contributed by atoms with Gasteiger partial charge < -0.3 is 4.74 Å². The van der Waals surface area contributed by atoms with Gasteiger partial charge in [-0.25, -0.2) is 0 Å². The Bertz CT molecular complexity index is 675. The van der Waals surface area contributed by atoms with Gasteiger partial charge in [0.15, 0.2) is 5.78 Å². The van der Waals surface area contributed by atoms with Crippen LogP contribution >= 0.6 is 0 Å². The molecule has 128 valence electrons. The number of carbonyl (C=O) groups excluding carboxylic acids is 1. The molecule has 1 heterocycles. The van der Waals surface area contributed by atoms with E-state index in [4.69, 9.17) is 4.74 Å². The summed E-state index contributed by atoms with van der Waals surface area (Å²) in [6.07, 6.45) is 15.3. The van der Waals surface area contributed by atoms with Crippen molar-refractivity contribution in [2.75, 3.05) is 6.61 Å². The molecule has 0 amide bonds. The summed E-state index contributed by atoms with van der Waals surface area (Å²) < 4.78 is 6.46. The van der Waals surface area contributed by atoms with Gasteiger partial charge in [-0.05, 0) is 80.1 Å². The van der Waals surface area contributed by atoms with Crippen LogP contribution in [0.25, 0.3) is 0 Å². The molecule has 0 aromatic heterocycles. The molecule has 4 saturated carbocycles. The SMILES string of the molecule is CC12CCC3C4CCC(=O)C=C4CCC3C1[C@H]1CC1C21C=CCO1. The summed E-state index contributed by atoms with van der Waals surface area (Å²) in [6.45, 7) is 3.39. The molecule has 2 nitrogen and oxygen atoms in total. The van der Waals surface area contributed by atoms with Gasteiger partial charge in [0, 0.05) is 11.8 Å². The minimum absolute atomic E-state index is 0.0753. The maximum absolute atomic E-state index is 11.8. The van der Waals surface area contributed by atoms with E-state index in [-0.39, 0.29) is 5.60 Å². The number of carbonyl (C=O) groups is 1. The molecule has 0 N–H and O–H groups in total. The third-order valence-electron chi connectivity index (χ3n) is 9.08. The second kappa shape index (κ2) is 4.44. The van der Waals surface area contributed by atoms with E-state index in [0.29, 0.717) is 11.2 Å². The van der Waals surface area contributed by atoms with Crippen molar-refractivity contribution >= 4 is 5.78 Å². The molecule has 6 aliphatic rings. The molecule has 8 atom stereocenters. The van der Waals surface area contributed by atoms with Crippen molar-refractivity contribution in [3.63, 3.8) is 0 Å². The maximum Gasteiger partial charge on any atom is 0.155 e. The first-order valence-electron chi connectivity index (χ1n) is 10.2. The Hall–Kier alpha value is -0.890. The lowest BCUT2D eigenvalue weighted by Gasteiger charge is -2.57. The molecule has 5 aliphatic carbocycles. The van der Waals surface area contributed by atoms with Crippen LogP contribution in [0.15, 0.2) is 23.8 Å². The van der Waals surface area contributed by atoms with Gasteiger partial charge >= 0.3 is 0 Å². The van der Waals surface area contributed by atoms with Gasteiger partial charge in [0.2, 0.25) is 0 Å². The number of hydrogen-bond acceptors (Lipinski definition) is 2. The van der Waals surface area contributed by atoms with Gasteiger partial charge in [-0.1, -0.05) is 24.6 Å². The average molecular weight is 324 g/mol. The predicted molar refractivity (Wildman–Crippen MR) is 92.3 cm³/mol. The van der Waals surface area contributed by atoms with Crippen LogP contribution in [0.1, 0.15) is 51.9 Å². The van der Waals surface area contributed by atoms with Gasteiger partial charge in [-0.3, -0.25) is 4.79 Å². The Labute approximate surface area is 144 Å². The molecule has 1 aliphatic heterocycles. The molecule has 0 aromatic carbocycles. The minimum Gasteiger partial charge on any atom is -0.366 e. The molecule has 7 unspecified atom stereocenters. The molecule has 2 heteroatoms. The minimum atomic E-state index is 0.0753. The van der Waals surface area contributed by atoms with Crippen molar-refractivity contribution in [3.8, 4) is 0 Å². The van der Waals surface area contributed by atoms with Gasteiger partial charge in [-0.15, -0.1) is 0 Å². The standard InChI is InChI=1S/C22H28O2/c1-21-9-7-16-15-6-4-14(23)11-13(15)3-5-17(16)20(21)18-12-19(18)22(21)8-2-10-24-22/h2,8,11,15-20H,3-7,9-10,12H2,1H3/t15?,16?,17?,18-,19?,20?,21?,22?/m0/s1. The van der Waals surface area contributed by atoms with E-state index in [1.165, 1.54) is 37.7 Å². The fraction of sp³-hybridized carbons (Fsp3) is 0.773. The topological polar surface area (TPSA) is 26.3 Å². The summed E-state index contributed by atoms with van der Waals surface area (Å²) in [5.41, 5.74) is 1.94. The zero-order valence-electron chi connectivity index (χ0n) is 14.7. The van der Waals surface area contributed by atoms with Gasteiger partial charge in [0.25, 0.3) is 0 Å². The molecule has 4 fully saturated rings. The highest BCUT2D eigenvalue weighted by Gasteiger charge is 2.76. The van der Waals surface area contributed by atoms with E-state index >= 15 is 0 Å². The summed E-state index contributed by atoms with van der Waals surface area (Å²) in [6, 6.07) is 0. The second-order valence-corrected chi connectivity index (χ2v) is 9.69. The summed E-state index contributed by atoms with van der Waals surface area (Å²) in [7, 11) is 0. The molecule has 0 bridgehead atoms. The first kappa shape index (κ1) is 14.3. The Morgan fingerprint density at radius 2 is 2.04 bits per heavy atom. The van der Waals surface area contributed by atoms with Gasteiger partial charge in [0.1, 0.15) is 0 Å². The van der Waals surface area contributed by atoms with Crippen molar-refractivity contribution in [2.45, 2.75) is 57.5 Å². The molecule has 0 radical (unpaired) electrons. The number of hydrogen-bond donors (Lipinski definition) is 0. The highest BCUT2D eigenvalue weighted by atomic mass is 16.5. The van der Waals surface area contributed by atoms with Gasteiger partial charge in [0.05, 0.1) is 12.2 Å². The Balaban J connectivity index is 1.38. The van der Waals surface area contributed by atoms with Crippen molar-refractivity contribution < 1.29 is 9.53 Å². The fourth-order valence-corrected chi connectivity index (χ4v) is 8.25. The zero-order valence-corrected chi connectivity index (χ0v) is 14.7. The van der Waals surface area contributed by atoms with Crippen LogP contribution < -0.4 is 0 Å². The summed E-state index contributed by atoms with van der Waals surface area (Å²) in [5.74, 6) is 5.41. The quantitative estimate of drug-likeness (QED) is 0.621.